The Hall–Kier alpha value is -1.91. The molecule has 5 heteroatoms. The van der Waals surface area contributed by atoms with Crippen molar-refractivity contribution in [2.45, 2.75) is 13.3 Å². The zero-order valence-electron chi connectivity index (χ0n) is 7.67. The number of benzene rings is 1. The third kappa shape index (κ3) is 2.07. The summed E-state index contributed by atoms with van der Waals surface area (Å²) in [4.78, 5) is 9.88. The number of nitrogens with zero attached hydrogens (tertiary/aromatic N) is 2. The lowest BCUT2D eigenvalue weighted by Gasteiger charge is -1.99. The van der Waals surface area contributed by atoms with Gasteiger partial charge >= 0.3 is 0 Å². The van der Waals surface area contributed by atoms with E-state index in [4.69, 9.17) is 5.21 Å². The molecule has 0 aromatic heterocycles. The first-order valence-electron chi connectivity index (χ1n) is 4.14. The highest BCUT2D eigenvalue weighted by Gasteiger charge is 2.06. The van der Waals surface area contributed by atoms with Gasteiger partial charge in [-0.2, -0.15) is 0 Å². The summed E-state index contributed by atoms with van der Waals surface area (Å²) < 4.78 is 0. The summed E-state index contributed by atoms with van der Waals surface area (Å²) in [5.74, 6) is 0. The van der Waals surface area contributed by atoms with Crippen molar-refractivity contribution in [2.75, 3.05) is 0 Å². The zero-order chi connectivity index (χ0) is 10.6. The normalized spacial score (nSPS) is 11.4. The molecule has 0 atom stereocenters. The van der Waals surface area contributed by atoms with Crippen LogP contribution in [-0.2, 0) is 0 Å². The van der Waals surface area contributed by atoms with Gasteiger partial charge in [-0.25, -0.2) is 0 Å². The molecule has 0 aliphatic carbocycles. The van der Waals surface area contributed by atoms with E-state index in [2.05, 4.69) is 5.16 Å². The average Bonchev–Trinajstić information content (AvgIpc) is 2.20. The highest BCUT2D eigenvalue weighted by atomic mass is 16.6. The minimum Gasteiger partial charge on any atom is -0.411 e. The third-order valence-electron chi connectivity index (χ3n) is 1.87. The Labute approximate surface area is 80.8 Å². The van der Waals surface area contributed by atoms with Crippen LogP contribution >= 0.6 is 0 Å². The molecule has 5 nitrogen and oxygen atoms in total. The van der Waals surface area contributed by atoms with Crippen LogP contribution in [0.3, 0.4) is 0 Å². The van der Waals surface area contributed by atoms with Gasteiger partial charge in [0.05, 0.1) is 10.6 Å². The van der Waals surface area contributed by atoms with Crippen molar-refractivity contribution in [3.8, 4) is 0 Å². The van der Waals surface area contributed by atoms with E-state index in [0.29, 0.717) is 17.7 Å². The monoisotopic (exact) mass is 194 g/mol. The van der Waals surface area contributed by atoms with E-state index in [1.165, 1.54) is 12.1 Å². The van der Waals surface area contributed by atoms with Gasteiger partial charge in [0.1, 0.15) is 0 Å². The van der Waals surface area contributed by atoms with Crippen molar-refractivity contribution in [1.82, 2.24) is 0 Å². The molecule has 0 fully saturated rings. The molecule has 0 bridgehead atoms. The minimum absolute atomic E-state index is 0.0298. The van der Waals surface area contributed by atoms with Gasteiger partial charge < -0.3 is 5.21 Å². The van der Waals surface area contributed by atoms with Gasteiger partial charge in [-0.3, -0.25) is 10.1 Å². The van der Waals surface area contributed by atoms with Crippen LogP contribution < -0.4 is 0 Å². The van der Waals surface area contributed by atoms with E-state index in [1.54, 1.807) is 12.1 Å². The first-order chi connectivity index (χ1) is 6.69. The Morgan fingerprint density at radius 3 is 2.43 bits per heavy atom. The molecule has 1 aromatic rings. The van der Waals surface area contributed by atoms with Gasteiger partial charge in [0.15, 0.2) is 0 Å². The van der Waals surface area contributed by atoms with E-state index in [-0.39, 0.29) is 5.69 Å². The van der Waals surface area contributed by atoms with Crippen LogP contribution in [0.1, 0.15) is 18.9 Å². The number of rotatable bonds is 3. The van der Waals surface area contributed by atoms with Gasteiger partial charge in [-0.15, -0.1) is 0 Å². The lowest BCUT2D eigenvalue weighted by atomic mass is 10.1. The molecular formula is C9H10N2O3. The van der Waals surface area contributed by atoms with Gasteiger partial charge in [-0.05, 0) is 24.1 Å². The van der Waals surface area contributed by atoms with Crippen molar-refractivity contribution in [3.63, 3.8) is 0 Å². The van der Waals surface area contributed by atoms with Crippen LogP contribution in [0.25, 0.3) is 0 Å². The Kier molecular flexibility index (Phi) is 3.17. The van der Waals surface area contributed by atoms with Crippen LogP contribution in [0.15, 0.2) is 29.4 Å². The second kappa shape index (κ2) is 4.36. The van der Waals surface area contributed by atoms with Gasteiger partial charge in [0.25, 0.3) is 5.69 Å². The highest BCUT2D eigenvalue weighted by Crippen LogP contribution is 2.13. The van der Waals surface area contributed by atoms with Crippen LogP contribution in [-0.4, -0.2) is 15.8 Å². The number of oxime groups is 1. The number of hydrogen-bond acceptors (Lipinski definition) is 4. The molecule has 1 rings (SSSR count). The maximum absolute atomic E-state index is 10.3. The van der Waals surface area contributed by atoms with Crippen molar-refractivity contribution in [2.24, 2.45) is 5.16 Å². The molecule has 0 saturated heterocycles. The first-order valence-corrected chi connectivity index (χ1v) is 4.14. The predicted molar refractivity (Wildman–Crippen MR) is 51.7 cm³/mol. The molecule has 74 valence electrons. The maximum Gasteiger partial charge on any atom is 0.269 e. The van der Waals surface area contributed by atoms with Crippen LogP contribution in [0, 0.1) is 10.1 Å². The van der Waals surface area contributed by atoms with Crippen molar-refractivity contribution in [1.29, 1.82) is 0 Å². The quantitative estimate of drug-likeness (QED) is 0.347. The average molecular weight is 194 g/mol. The van der Waals surface area contributed by atoms with E-state index < -0.39 is 4.92 Å². The molecular weight excluding hydrogens is 184 g/mol. The summed E-state index contributed by atoms with van der Waals surface area (Å²) in [6, 6.07) is 5.90. The molecule has 1 N–H and O–H groups in total. The molecule has 0 heterocycles. The maximum atomic E-state index is 10.3. The molecule has 14 heavy (non-hydrogen) atoms. The Balaban J connectivity index is 2.99. The zero-order valence-corrected chi connectivity index (χ0v) is 7.67. The highest BCUT2D eigenvalue weighted by molar-refractivity contribution is 6.00. The fraction of sp³-hybridized carbons (Fsp3) is 0.222. The van der Waals surface area contributed by atoms with Crippen LogP contribution in [0.2, 0.25) is 0 Å². The van der Waals surface area contributed by atoms with Crippen molar-refractivity contribution >= 4 is 11.4 Å². The standard InChI is InChI=1S/C9H10N2O3/c1-2-9(10-12)7-3-5-8(6-4-7)11(13)14/h3-6,12H,2H2,1H3. The summed E-state index contributed by atoms with van der Waals surface area (Å²) >= 11 is 0. The third-order valence-corrected chi connectivity index (χ3v) is 1.87. The largest absolute Gasteiger partial charge is 0.411 e. The summed E-state index contributed by atoms with van der Waals surface area (Å²) in [7, 11) is 0. The summed E-state index contributed by atoms with van der Waals surface area (Å²) in [6.07, 6.45) is 0.578. The molecule has 0 unspecified atom stereocenters. The molecule has 0 amide bonds. The fourth-order valence-corrected chi connectivity index (χ4v) is 1.11. The Morgan fingerprint density at radius 2 is 2.07 bits per heavy atom. The van der Waals surface area contributed by atoms with E-state index in [9.17, 15) is 10.1 Å². The molecule has 0 spiro atoms. The lowest BCUT2D eigenvalue weighted by Crippen LogP contribution is -1.98. The lowest BCUT2D eigenvalue weighted by molar-refractivity contribution is -0.384. The van der Waals surface area contributed by atoms with Gasteiger partial charge in [0, 0.05) is 12.1 Å². The number of non-ortho nitro benzene ring substituents is 1. The van der Waals surface area contributed by atoms with E-state index >= 15 is 0 Å². The molecule has 0 aliphatic heterocycles. The fourth-order valence-electron chi connectivity index (χ4n) is 1.11. The number of nitro groups is 1. The van der Waals surface area contributed by atoms with Crippen LogP contribution in [0.4, 0.5) is 5.69 Å². The number of hydrogen-bond donors (Lipinski definition) is 1. The van der Waals surface area contributed by atoms with Crippen molar-refractivity contribution in [3.05, 3.63) is 39.9 Å². The Morgan fingerprint density at radius 1 is 1.50 bits per heavy atom. The van der Waals surface area contributed by atoms with Gasteiger partial charge in [-0.1, -0.05) is 12.1 Å². The Bertz CT molecular complexity index is 357. The minimum atomic E-state index is -0.467. The second-order valence-electron chi connectivity index (χ2n) is 2.70. The SMILES string of the molecule is CCC(=NO)c1ccc([N+](=O)[O-])cc1. The van der Waals surface area contributed by atoms with E-state index in [0.717, 1.165) is 0 Å². The molecule has 1 aromatic carbocycles. The second-order valence-corrected chi connectivity index (χ2v) is 2.70. The predicted octanol–water partition coefficient (Wildman–Crippen LogP) is 2.18. The molecule has 0 saturated carbocycles. The van der Waals surface area contributed by atoms with Gasteiger partial charge in [0.2, 0.25) is 0 Å². The number of nitro benzene ring substituents is 1. The smallest absolute Gasteiger partial charge is 0.269 e. The summed E-state index contributed by atoms with van der Waals surface area (Å²) in [6.45, 7) is 1.84. The topological polar surface area (TPSA) is 75.7 Å². The summed E-state index contributed by atoms with van der Waals surface area (Å²) in [5.41, 5.74) is 1.24. The van der Waals surface area contributed by atoms with E-state index in [1.807, 2.05) is 6.92 Å². The molecule has 0 radical (unpaired) electrons. The first kappa shape index (κ1) is 10.2. The van der Waals surface area contributed by atoms with Crippen molar-refractivity contribution < 1.29 is 10.1 Å². The molecule has 0 aliphatic rings. The summed E-state index contributed by atoms with van der Waals surface area (Å²) in [5, 5.41) is 22.1. The van der Waals surface area contributed by atoms with Crippen LogP contribution in [0.5, 0.6) is 0 Å².